The molecule has 0 bridgehead atoms. The number of amides is 1. The first-order valence-corrected chi connectivity index (χ1v) is 6.89. The van der Waals surface area contributed by atoms with Crippen molar-refractivity contribution in [2.24, 2.45) is 0 Å². The number of ketones is 1. The van der Waals surface area contributed by atoms with E-state index in [0.29, 0.717) is 12.1 Å². The molecule has 0 atom stereocenters. The Bertz CT molecular complexity index is 438. The lowest BCUT2D eigenvalue weighted by Crippen LogP contribution is -2.32. The number of carbonyl (C=O) groups is 2. The number of halogens is 2. The van der Waals surface area contributed by atoms with Crippen LogP contribution in [0.15, 0.2) is 24.3 Å². The van der Waals surface area contributed by atoms with Gasteiger partial charge < -0.3 is 10.6 Å². The number of hydrogen-bond donors (Lipinski definition) is 2. The van der Waals surface area contributed by atoms with Crippen LogP contribution in [0.2, 0.25) is 0 Å². The summed E-state index contributed by atoms with van der Waals surface area (Å²) in [7, 11) is 0. The van der Waals surface area contributed by atoms with Crippen LogP contribution in [0.3, 0.4) is 0 Å². The summed E-state index contributed by atoms with van der Waals surface area (Å²) < 4.78 is 12.7. The van der Waals surface area contributed by atoms with E-state index < -0.39 is 0 Å². The average molecular weight is 317 g/mol. The molecule has 0 aliphatic rings. The van der Waals surface area contributed by atoms with E-state index in [4.69, 9.17) is 0 Å². The minimum Gasteiger partial charge on any atom is -0.355 e. The van der Waals surface area contributed by atoms with E-state index in [1.54, 1.807) is 0 Å². The van der Waals surface area contributed by atoms with Gasteiger partial charge in [0.15, 0.2) is 5.78 Å². The molecule has 118 valence electrons. The van der Waals surface area contributed by atoms with Crippen molar-refractivity contribution in [3.63, 3.8) is 0 Å². The molecular weight excluding hydrogens is 295 g/mol. The average Bonchev–Trinajstić information content (AvgIpc) is 2.45. The minimum absolute atomic E-state index is 0. The highest BCUT2D eigenvalue weighted by atomic mass is 35.5. The third-order valence-corrected chi connectivity index (χ3v) is 2.80. The molecular formula is C15H22ClFN2O2. The Balaban J connectivity index is 0.00000400. The van der Waals surface area contributed by atoms with Crippen LogP contribution in [0.4, 0.5) is 4.39 Å². The monoisotopic (exact) mass is 316 g/mol. The summed E-state index contributed by atoms with van der Waals surface area (Å²) in [6.07, 6.45) is 1.35. The second-order valence-corrected chi connectivity index (χ2v) is 4.53. The summed E-state index contributed by atoms with van der Waals surface area (Å²) in [5.74, 6) is -0.665. The van der Waals surface area contributed by atoms with Crippen LogP contribution in [-0.2, 0) is 4.79 Å². The second kappa shape index (κ2) is 11.2. The van der Waals surface area contributed by atoms with Crippen molar-refractivity contribution in [1.29, 1.82) is 0 Å². The van der Waals surface area contributed by atoms with Crippen LogP contribution in [0.25, 0.3) is 0 Å². The third kappa shape index (κ3) is 8.42. The summed E-state index contributed by atoms with van der Waals surface area (Å²) in [5.41, 5.74) is 0.434. The Hall–Kier alpha value is -1.46. The van der Waals surface area contributed by atoms with Gasteiger partial charge in [-0.05, 0) is 37.2 Å². The minimum atomic E-state index is -0.376. The molecule has 0 aliphatic heterocycles. The van der Waals surface area contributed by atoms with Crippen LogP contribution in [-0.4, -0.2) is 31.3 Å². The molecule has 0 heterocycles. The maximum atomic E-state index is 12.7. The number of benzene rings is 1. The van der Waals surface area contributed by atoms with Crippen LogP contribution in [0.5, 0.6) is 0 Å². The smallest absolute Gasteiger partial charge is 0.220 e. The van der Waals surface area contributed by atoms with Gasteiger partial charge >= 0.3 is 0 Å². The van der Waals surface area contributed by atoms with Gasteiger partial charge in [-0.15, -0.1) is 12.4 Å². The first-order valence-electron chi connectivity index (χ1n) is 6.89. The summed E-state index contributed by atoms with van der Waals surface area (Å²) in [5, 5.41) is 5.91. The molecule has 2 N–H and O–H groups in total. The Labute approximate surface area is 130 Å². The van der Waals surface area contributed by atoms with E-state index in [1.165, 1.54) is 24.3 Å². The molecule has 1 aromatic rings. The Morgan fingerprint density at radius 1 is 1.05 bits per heavy atom. The number of rotatable bonds is 9. The van der Waals surface area contributed by atoms with Crippen LogP contribution >= 0.6 is 12.4 Å². The lowest BCUT2D eigenvalue weighted by molar-refractivity contribution is -0.121. The Morgan fingerprint density at radius 3 is 2.33 bits per heavy atom. The fourth-order valence-electron chi connectivity index (χ4n) is 1.69. The predicted molar refractivity (Wildman–Crippen MR) is 83.4 cm³/mol. The van der Waals surface area contributed by atoms with Crippen molar-refractivity contribution in [1.82, 2.24) is 10.6 Å². The fraction of sp³-hybridized carbons (Fsp3) is 0.467. The molecule has 0 saturated carbocycles. The zero-order chi connectivity index (χ0) is 14.8. The molecule has 21 heavy (non-hydrogen) atoms. The maximum Gasteiger partial charge on any atom is 0.220 e. The molecule has 1 rings (SSSR count). The largest absolute Gasteiger partial charge is 0.355 e. The van der Waals surface area contributed by atoms with Gasteiger partial charge in [0.05, 0.1) is 0 Å². The van der Waals surface area contributed by atoms with Crippen molar-refractivity contribution < 1.29 is 14.0 Å². The van der Waals surface area contributed by atoms with Crippen molar-refractivity contribution in [2.45, 2.75) is 26.2 Å². The Morgan fingerprint density at radius 2 is 1.71 bits per heavy atom. The molecule has 0 radical (unpaired) electrons. The molecule has 0 aliphatic carbocycles. The van der Waals surface area contributed by atoms with Crippen LogP contribution in [0, 0.1) is 5.82 Å². The lowest BCUT2D eigenvalue weighted by Gasteiger charge is -2.06. The highest BCUT2D eigenvalue weighted by Gasteiger charge is 2.09. The van der Waals surface area contributed by atoms with Gasteiger partial charge in [0.2, 0.25) is 5.91 Å². The number of carbonyl (C=O) groups excluding carboxylic acids is 2. The highest BCUT2D eigenvalue weighted by molar-refractivity contribution is 5.97. The molecule has 0 unspecified atom stereocenters. The molecule has 0 spiro atoms. The van der Waals surface area contributed by atoms with Crippen molar-refractivity contribution in [3.05, 3.63) is 35.6 Å². The van der Waals surface area contributed by atoms with E-state index in [0.717, 1.165) is 19.5 Å². The zero-order valence-corrected chi connectivity index (χ0v) is 13.0. The first kappa shape index (κ1) is 19.5. The van der Waals surface area contributed by atoms with E-state index in [1.807, 2.05) is 0 Å². The molecule has 1 aromatic carbocycles. The molecule has 0 saturated heterocycles. The van der Waals surface area contributed by atoms with Crippen molar-refractivity contribution >= 4 is 24.1 Å². The Kier molecular flexibility index (Phi) is 10.4. The van der Waals surface area contributed by atoms with Gasteiger partial charge in [-0.1, -0.05) is 6.92 Å². The topological polar surface area (TPSA) is 58.2 Å². The summed E-state index contributed by atoms with van der Waals surface area (Å²) in [6.45, 7) is 4.29. The second-order valence-electron chi connectivity index (χ2n) is 4.53. The normalized spacial score (nSPS) is 9.81. The standard InChI is InChI=1S/C15H21FN2O2.ClH/c1-2-9-17-10-11-18-15(20)8-7-14(19)12-3-5-13(16)6-4-12;/h3-6,17H,2,7-11H2,1H3,(H,18,20);1H. The number of hydrogen-bond acceptors (Lipinski definition) is 3. The number of nitrogens with one attached hydrogen (secondary N) is 2. The molecule has 6 heteroatoms. The van der Waals surface area contributed by atoms with Crippen molar-refractivity contribution in [3.8, 4) is 0 Å². The van der Waals surface area contributed by atoms with E-state index in [2.05, 4.69) is 17.6 Å². The van der Waals surface area contributed by atoms with E-state index >= 15 is 0 Å². The van der Waals surface area contributed by atoms with Gasteiger partial charge in [-0.3, -0.25) is 9.59 Å². The predicted octanol–water partition coefficient (Wildman–Crippen LogP) is 2.33. The van der Waals surface area contributed by atoms with E-state index in [-0.39, 0.29) is 42.8 Å². The van der Waals surface area contributed by atoms with Crippen LogP contribution < -0.4 is 10.6 Å². The van der Waals surface area contributed by atoms with Crippen molar-refractivity contribution in [2.75, 3.05) is 19.6 Å². The maximum absolute atomic E-state index is 12.7. The van der Waals surface area contributed by atoms with Gasteiger partial charge in [-0.25, -0.2) is 4.39 Å². The molecule has 1 amide bonds. The third-order valence-electron chi connectivity index (χ3n) is 2.80. The summed E-state index contributed by atoms with van der Waals surface area (Å²) in [4.78, 5) is 23.3. The number of Topliss-reactive ketones (excluding diaryl/α,β-unsaturated/α-hetero) is 1. The summed E-state index contributed by atoms with van der Waals surface area (Å²) >= 11 is 0. The molecule has 4 nitrogen and oxygen atoms in total. The first-order chi connectivity index (χ1) is 9.63. The lowest BCUT2D eigenvalue weighted by atomic mass is 10.1. The molecule has 0 fully saturated rings. The fourth-order valence-corrected chi connectivity index (χ4v) is 1.69. The quantitative estimate of drug-likeness (QED) is 0.543. The van der Waals surface area contributed by atoms with Gasteiger partial charge in [0.25, 0.3) is 0 Å². The van der Waals surface area contributed by atoms with E-state index in [9.17, 15) is 14.0 Å². The van der Waals surface area contributed by atoms with Gasteiger partial charge in [0, 0.05) is 31.5 Å². The zero-order valence-electron chi connectivity index (χ0n) is 12.2. The molecule has 0 aromatic heterocycles. The summed E-state index contributed by atoms with van der Waals surface area (Å²) in [6, 6.07) is 5.36. The van der Waals surface area contributed by atoms with Gasteiger partial charge in [0.1, 0.15) is 5.82 Å². The van der Waals surface area contributed by atoms with Crippen LogP contribution in [0.1, 0.15) is 36.5 Å². The SMILES string of the molecule is CCCNCCNC(=O)CCC(=O)c1ccc(F)cc1.Cl. The highest BCUT2D eigenvalue weighted by Crippen LogP contribution is 2.07. The van der Waals surface area contributed by atoms with Gasteiger partial charge in [-0.2, -0.15) is 0 Å².